The molecule has 0 saturated carbocycles. The zero-order valence-electron chi connectivity index (χ0n) is 35.0. The molecule has 0 unspecified atom stereocenters. The summed E-state index contributed by atoms with van der Waals surface area (Å²) in [4.78, 5) is 13.6. The second-order valence-electron chi connectivity index (χ2n) is 15.8. The summed E-state index contributed by atoms with van der Waals surface area (Å²) in [6.07, 6.45) is 8.33. The van der Waals surface area contributed by atoms with Crippen LogP contribution >= 0.6 is 0 Å². The Bertz CT molecular complexity index is 2860. The normalized spacial score (nSPS) is 11.7. The molecule has 0 fully saturated rings. The summed E-state index contributed by atoms with van der Waals surface area (Å²) in [6.45, 7) is 5.89. The fourth-order valence-corrected chi connectivity index (χ4v) is 7.96. The molecule has 6 nitrogen and oxygen atoms in total. The van der Waals surface area contributed by atoms with E-state index in [4.69, 9.17) is 4.18 Å². The number of hydrogen-bond donors (Lipinski definition) is 0. The second kappa shape index (κ2) is 18.2. The Balaban J connectivity index is 1.15. The van der Waals surface area contributed by atoms with Gasteiger partial charge in [-0.2, -0.15) is 21.6 Å². The quantitative estimate of drug-likeness (QED) is 0.0848. The van der Waals surface area contributed by atoms with Gasteiger partial charge in [0.1, 0.15) is 0 Å². The Morgan fingerprint density at radius 3 is 1.32 bits per heavy atom. The van der Waals surface area contributed by atoms with E-state index in [2.05, 4.69) is 81.7 Å². The number of hydrogen-bond acceptors (Lipinski definition) is 6. The minimum Gasteiger partial charge on any atom is -0.375 e. The van der Waals surface area contributed by atoms with Crippen LogP contribution in [0.25, 0.3) is 56.0 Å². The number of alkyl halides is 3. The highest BCUT2D eigenvalue weighted by Gasteiger charge is 2.49. The third-order valence-electron chi connectivity index (χ3n) is 11.0. The molecule has 63 heavy (non-hydrogen) atoms. The molecule has 0 aliphatic heterocycles. The third-order valence-corrected chi connectivity index (χ3v) is 11.9. The van der Waals surface area contributed by atoms with Crippen LogP contribution in [0, 0.1) is 20.8 Å². The van der Waals surface area contributed by atoms with Crippen LogP contribution in [0.15, 0.2) is 164 Å². The van der Waals surface area contributed by atoms with Gasteiger partial charge in [-0.15, -0.1) is 0 Å². The molecule has 316 valence electrons. The molecular formula is C53H44F3N3O3S. The Hall–Kier alpha value is -6.91. The minimum atomic E-state index is -6.01. The predicted molar refractivity (Wildman–Crippen MR) is 245 cm³/mol. The van der Waals surface area contributed by atoms with E-state index in [1.165, 1.54) is 6.07 Å². The minimum absolute atomic E-state index is 0.188. The van der Waals surface area contributed by atoms with Gasteiger partial charge in [0.05, 0.1) is 17.1 Å². The van der Waals surface area contributed by atoms with Crippen molar-refractivity contribution in [2.24, 2.45) is 0 Å². The molecule has 0 N–H and O–H groups in total. The largest absolute Gasteiger partial charge is 0.534 e. The van der Waals surface area contributed by atoms with Gasteiger partial charge in [0.15, 0.2) is 5.75 Å². The predicted octanol–water partition coefficient (Wildman–Crippen LogP) is 12.9. The van der Waals surface area contributed by atoms with E-state index in [1.807, 2.05) is 75.6 Å². The first-order valence-corrected chi connectivity index (χ1v) is 22.0. The lowest BCUT2D eigenvalue weighted by molar-refractivity contribution is -0.0499. The zero-order valence-corrected chi connectivity index (χ0v) is 35.8. The van der Waals surface area contributed by atoms with Crippen LogP contribution in [0.5, 0.6) is 5.75 Å². The van der Waals surface area contributed by atoms with Crippen molar-refractivity contribution >= 4 is 10.1 Å². The van der Waals surface area contributed by atoms with Crippen molar-refractivity contribution in [1.29, 1.82) is 0 Å². The Morgan fingerprint density at radius 2 is 0.873 bits per heavy atom. The van der Waals surface area contributed by atoms with E-state index in [1.54, 1.807) is 36.5 Å². The van der Waals surface area contributed by atoms with Crippen molar-refractivity contribution in [3.8, 4) is 61.8 Å². The van der Waals surface area contributed by atoms with E-state index in [9.17, 15) is 21.6 Å². The Morgan fingerprint density at radius 1 is 0.444 bits per heavy atom. The SMILES string of the molecule is Cc1ccc(-c2ccc(CCc3cc(CCc4ccc(-c5ccc(C)cn5)cc4)cc(-c4ccccc4-c4ccc(-c5ccc(C)cn5)cc4OS(=O)(=O)C(F)(F)F)c3)cc2)nc1. The van der Waals surface area contributed by atoms with Crippen LogP contribution in [0.1, 0.15) is 38.9 Å². The molecule has 5 aromatic carbocycles. The molecule has 0 aliphatic carbocycles. The fraction of sp³-hybridized carbons (Fsp3) is 0.151. The number of halogens is 3. The number of pyridine rings is 3. The van der Waals surface area contributed by atoms with Crippen molar-refractivity contribution in [2.45, 2.75) is 52.0 Å². The molecule has 8 aromatic rings. The smallest absolute Gasteiger partial charge is 0.375 e. The van der Waals surface area contributed by atoms with Gasteiger partial charge < -0.3 is 4.18 Å². The monoisotopic (exact) mass is 859 g/mol. The topological polar surface area (TPSA) is 82.0 Å². The highest BCUT2D eigenvalue weighted by Crippen LogP contribution is 2.42. The van der Waals surface area contributed by atoms with E-state index in [0.717, 1.165) is 92.7 Å². The van der Waals surface area contributed by atoms with Crippen LogP contribution in [0.4, 0.5) is 13.2 Å². The van der Waals surface area contributed by atoms with Gasteiger partial charge in [-0.25, -0.2) is 0 Å². The average molecular weight is 860 g/mol. The maximum absolute atomic E-state index is 13.8. The Labute approximate surface area is 366 Å². The van der Waals surface area contributed by atoms with Gasteiger partial charge in [0, 0.05) is 40.8 Å². The van der Waals surface area contributed by atoms with Crippen LogP contribution in [-0.4, -0.2) is 28.9 Å². The third kappa shape index (κ3) is 10.2. The maximum atomic E-state index is 13.8. The van der Waals surface area contributed by atoms with Crippen molar-refractivity contribution in [3.63, 3.8) is 0 Å². The fourth-order valence-electron chi connectivity index (χ4n) is 7.49. The molecular weight excluding hydrogens is 816 g/mol. The number of aromatic nitrogens is 3. The van der Waals surface area contributed by atoms with Crippen LogP contribution in [0.3, 0.4) is 0 Å². The zero-order chi connectivity index (χ0) is 44.1. The van der Waals surface area contributed by atoms with E-state index < -0.39 is 21.4 Å². The maximum Gasteiger partial charge on any atom is 0.534 e. The van der Waals surface area contributed by atoms with Gasteiger partial charge in [-0.1, -0.05) is 115 Å². The number of aryl methyl sites for hydroxylation is 7. The van der Waals surface area contributed by atoms with Gasteiger partial charge in [-0.3, -0.25) is 15.0 Å². The molecule has 0 aliphatic rings. The number of rotatable bonds is 13. The lowest BCUT2D eigenvalue weighted by Gasteiger charge is -2.18. The molecule has 8 rings (SSSR count). The first-order chi connectivity index (χ1) is 30.3. The van der Waals surface area contributed by atoms with Crippen molar-refractivity contribution in [2.75, 3.05) is 0 Å². The molecule has 0 atom stereocenters. The molecule has 10 heteroatoms. The molecule has 0 bridgehead atoms. The highest BCUT2D eigenvalue weighted by atomic mass is 32.2. The summed E-state index contributed by atoms with van der Waals surface area (Å²) >= 11 is 0. The van der Waals surface area contributed by atoms with E-state index >= 15 is 0 Å². The van der Waals surface area contributed by atoms with Crippen molar-refractivity contribution in [3.05, 3.63) is 203 Å². The molecule has 0 radical (unpaired) electrons. The second-order valence-corrected chi connectivity index (χ2v) is 17.4. The van der Waals surface area contributed by atoms with E-state index in [-0.39, 0.29) is 5.56 Å². The van der Waals surface area contributed by atoms with Gasteiger partial charge in [0.25, 0.3) is 0 Å². The molecule has 3 heterocycles. The summed E-state index contributed by atoms with van der Waals surface area (Å²) < 4.78 is 71.6. The molecule has 0 spiro atoms. The summed E-state index contributed by atoms with van der Waals surface area (Å²) in [5, 5.41) is 0. The summed E-state index contributed by atoms with van der Waals surface area (Å²) in [5.74, 6) is -0.454. The van der Waals surface area contributed by atoms with E-state index in [0.29, 0.717) is 22.4 Å². The molecule has 0 amide bonds. The lowest BCUT2D eigenvalue weighted by Crippen LogP contribution is -2.28. The lowest BCUT2D eigenvalue weighted by atomic mass is 9.89. The first kappa shape index (κ1) is 42.8. The number of benzene rings is 5. The summed E-state index contributed by atoms with van der Waals surface area (Å²) in [5.41, 5.74) is 8.96. The number of nitrogens with zero attached hydrogens (tertiary/aromatic N) is 3. The first-order valence-electron chi connectivity index (χ1n) is 20.6. The van der Waals surface area contributed by atoms with Crippen LogP contribution < -0.4 is 4.18 Å². The average Bonchev–Trinajstić information content (AvgIpc) is 3.28. The van der Waals surface area contributed by atoms with Crippen molar-refractivity contribution in [1.82, 2.24) is 15.0 Å². The molecule has 0 saturated heterocycles. The summed E-state index contributed by atoms with van der Waals surface area (Å²) in [7, 11) is -6.01. The highest BCUT2D eigenvalue weighted by molar-refractivity contribution is 7.88. The Kier molecular flexibility index (Phi) is 12.4. The summed E-state index contributed by atoms with van der Waals surface area (Å²) in [6, 6.07) is 46.8. The van der Waals surface area contributed by atoms with Gasteiger partial charge in [0.2, 0.25) is 0 Å². The van der Waals surface area contributed by atoms with Gasteiger partial charge >= 0.3 is 15.6 Å². The van der Waals surface area contributed by atoms with Gasteiger partial charge in [-0.05, 0) is 132 Å². The van der Waals surface area contributed by atoms with Crippen LogP contribution in [-0.2, 0) is 35.8 Å². The van der Waals surface area contributed by atoms with Crippen LogP contribution in [0.2, 0.25) is 0 Å². The molecule has 3 aromatic heterocycles. The van der Waals surface area contributed by atoms with Crippen molar-refractivity contribution < 1.29 is 25.8 Å². The standard InChI is InChI=1S/C53H44F3N3O3S/c1-35-8-25-49(57-32-35)42-19-15-38(16-20-42)11-13-40-28-41(14-12-39-17-21-43(22-18-39)50-26-9-36(2)33-58-50)30-45(29-40)46-6-4-5-7-47(46)48-24-23-44(51-27-10-37(3)34-59-51)31-52(48)62-63(60,61)53(54,55)56/h4-10,15-34H,11-14H2,1-3H3.